The van der Waals surface area contributed by atoms with Crippen LogP contribution in [0.25, 0.3) is 10.8 Å². The van der Waals surface area contributed by atoms with Gasteiger partial charge in [0.1, 0.15) is 46.4 Å². The van der Waals surface area contributed by atoms with Crippen molar-refractivity contribution in [3.05, 3.63) is 105 Å². The van der Waals surface area contributed by atoms with Crippen LogP contribution < -0.4 is 14.9 Å². The van der Waals surface area contributed by atoms with E-state index in [9.17, 15) is 50.8 Å². The Hall–Kier alpha value is -6.05. The molecule has 0 saturated carbocycles. The molecule has 10 N–H and O–H groups in total. The van der Waals surface area contributed by atoms with Crippen LogP contribution in [-0.4, -0.2) is 63.3 Å². The van der Waals surface area contributed by atoms with Gasteiger partial charge in [0, 0.05) is 53.8 Å². The number of benzene rings is 4. The Morgan fingerprint density at radius 3 is 1.65 bits per heavy atom. The van der Waals surface area contributed by atoms with Crippen molar-refractivity contribution in [3.63, 3.8) is 0 Å². The zero-order valence-corrected chi connectivity index (χ0v) is 24.8. The van der Waals surface area contributed by atoms with Crippen LogP contribution in [0, 0.1) is 0 Å². The Balaban J connectivity index is 0.000000510. The van der Waals surface area contributed by atoms with E-state index in [4.69, 9.17) is 14.6 Å². The topological polar surface area (TPSA) is 238 Å². The fourth-order valence-electron chi connectivity index (χ4n) is 5.94. The van der Waals surface area contributed by atoms with Gasteiger partial charge >= 0.3 is 0 Å². The smallest absolute Gasteiger partial charge is 0.231 e. The van der Waals surface area contributed by atoms with E-state index in [2.05, 4.69) is 0 Å². The maximum absolute atomic E-state index is 13.2. The van der Waals surface area contributed by atoms with Gasteiger partial charge in [-0.2, -0.15) is 0 Å². The highest BCUT2D eigenvalue weighted by atomic mass is 16.5. The number of aromatic hydroxyl groups is 8. The van der Waals surface area contributed by atoms with E-state index in [1.54, 1.807) is 24.3 Å². The molecule has 2 aliphatic rings. The maximum atomic E-state index is 13.2. The number of phenolic OH excluding ortho intramolecular Hbond substituents is 7. The summed E-state index contributed by atoms with van der Waals surface area (Å²) in [6.07, 6.45) is -5.40. The summed E-state index contributed by atoms with van der Waals surface area (Å²) in [4.78, 5) is 13.2. The number of fused-ring (bicyclic) bond motifs is 3. The second kappa shape index (κ2) is 12.3. The van der Waals surface area contributed by atoms with Crippen molar-refractivity contribution in [2.24, 2.45) is 0 Å². The average molecular weight is 659 g/mol. The van der Waals surface area contributed by atoms with Crippen LogP contribution in [0.5, 0.6) is 57.5 Å². The molecule has 0 spiro atoms. The molecule has 2 aliphatic heterocycles. The number of para-hydroxylation sites is 1. The van der Waals surface area contributed by atoms with Crippen LogP contribution in [0.2, 0.25) is 0 Å². The predicted molar refractivity (Wildman–Crippen MR) is 169 cm³/mol. The normalized spacial score (nSPS) is 19.5. The molecule has 13 nitrogen and oxygen atoms in total. The van der Waals surface area contributed by atoms with Crippen molar-refractivity contribution in [2.75, 3.05) is 0 Å². The summed E-state index contributed by atoms with van der Waals surface area (Å²) in [7, 11) is 0. The molecule has 4 atom stereocenters. The summed E-state index contributed by atoms with van der Waals surface area (Å²) < 4.78 is 11.8. The lowest BCUT2D eigenvalue weighted by molar-refractivity contribution is 0.0193. The van der Waals surface area contributed by atoms with Crippen LogP contribution in [0.1, 0.15) is 34.5 Å². The van der Waals surface area contributed by atoms with Crippen LogP contribution in [-0.2, 0) is 12.8 Å². The van der Waals surface area contributed by atoms with Gasteiger partial charge in [-0.1, -0.05) is 18.2 Å². The average Bonchev–Trinajstić information content (AvgIpc) is 3.16. The van der Waals surface area contributed by atoms with Gasteiger partial charge in [0.2, 0.25) is 5.43 Å². The highest BCUT2D eigenvalue weighted by molar-refractivity contribution is 5.94. The van der Waals surface area contributed by atoms with E-state index >= 15 is 0 Å². The molecular formula is C35H30O13. The van der Waals surface area contributed by atoms with Gasteiger partial charge in [-0.15, -0.1) is 0 Å². The molecule has 248 valence electrons. The fraction of sp³-hybridized carbons (Fsp3) is 0.171. The van der Waals surface area contributed by atoms with Gasteiger partial charge in [-0.3, -0.25) is 4.79 Å². The number of aliphatic hydroxyl groups excluding tert-OH is 2. The lowest BCUT2D eigenvalue weighted by Crippen LogP contribution is -2.31. The first-order chi connectivity index (χ1) is 22.8. The Bertz CT molecular complexity index is 2100. The molecule has 0 aliphatic carbocycles. The zero-order chi connectivity index (χ0) is 34.4. The number of ether oxygens (including phenoxy) is 2. The number of hydrogen-bond donors (Lipinski definition) is 10. The minimum atomic E-state index is -1.34. The van der Waals surface area contributed by atoms with Crippen LogP contribution in [0.3, 0.4) is 0 Å². The molecule has 0 unspecified atom stereocenters. The molecule has 5 aromatic carbocycles. The van der Waals surface area contributed by atoms with Crippen molar-refractivity contribution in [1.29, 1.82) is 0 Å². The third kappa shape index (κ3) is 5.83. The highest BCUT2D eigenvalue weighted by Crippen LogP contribution is 2.47. The Labute approximate surface area is 271 Å². The van der Waals surface area contributed by atoms with Gasteiger partial charge in [-0.25, -0.2) is 0 Å². The van der Waals surface area contributed by atoms with E-state index in [0.29, 0.717) is 5.75 Å². The minimum absolute atomic E-state index is 0.00576. The molecule has 2 heterocycles. The van der Waals surface area contributed by atoms with E-state index in [1.165, 1.54) is 18.2 Å². The number of phenols is 7. The summed E-state index contributed by atoms with van der Waals surface area (Å²) in [5.74, 6) is -3.25. The SMILES string of the molecule is O=c1c(O)cc([C@H]2Oc3cc(O)cc(O)c3C[C@H]2O)cc2c([C@H]3Oc4cc(O)cc(O)c4C[C@H]3O)cc(O)c(O)c12.Oc1ccccc1. The fourth-order valence-corrected chi connectivity index (χ4v) is 5.94. The van der Waals surface area contributed by atoms with Crippen LogP contribution >= 0.6 is 0 Å². The van der Waals surface area contributed by atoms with Gasteiger partial charge < -0.3 is 60.5 Å². The summed E-state index contributed by atoms with van der Waals surface area (Å²) in [5.41, 5.74) is -0.578. The van der Waals surface area contributed by atoms with E-state index < -0.39 is 52.5 Å². The quantitative estimate of drug-likeness (QED) is 0.122. The first kappa shape index (κ1) is 31.9. The Kier molecular flexibility index (Phi) is 8.17. The Morgan fingerprint density at radius 1 is 0.562 bits per heavy atom. The number of aliphatic hydroxyl groups is 2. The van der Waals surface area contributed by atoms with Crippen LogP contribution in [0.15, 0.2) is 77.6 Å². The van der Waals surface area contributed by atoms with Crippen molar-refractivity contribution in [1.82, 2.24) is 0 Å². The molecule has 0 aromatic heterocycles. The van der Waals surface area contributed by atoms with Crippen LogP contribution in [0.4, 0.5) is 0 Å². The van der Waals surface area contributed by atoms with E-state index in [0.717, 1.165) is 24.3 Å². The third-order valence-corrected chi connectivity index (χ3v) is 8.19. The molecule has 13 heteroatoms. The summed E-state index contributed by atoms with van der Waals surface area (Å²) in [6.45, 7) is 0. The maximum Gasteiger partial charge on any atom is 0.231 e. The molecule has 48 heavy (non-hydrogen) atoms. The molecular weight excluding hydrogens is 628 g/mol. The van der Waals surface area contributed by atoms with Crippen molar-refractivity contribution in [3.8, 4) is 57.5 Å². The molecule has 5 aromatic rings. The number of rotatable bonds is 2. The third-order valence-electron chi connectivity index (χ3n) is 8.19. The van der Waals surface area contributed by atoms with Gasteiger partial charge in [0.25, 0.3) is 0 Å². The standard InChI is InChI=1S/C29H24O12.C6H6O/c30-11-3-17(32)15-8-21(36)28(40-23(15)5-11)10-1-13-14(7-20(35)27(39)25(13)26(38)19(34)2-10)29-22(37)9-16-18(33)4-12(31)6-24(16)41-29;7-6-4-2-1-3-5-6/h1-7,21-22,28-33,35-37,39H,8-9H2,(H,34,38);1-5,7H/t21-,22-,28-,29-;/m1./s1. The van der Waals surface area contributed by atoms with Crippen molar-refractivity contribution >= 4 is 10.8 Å². The number of hydrogen-bond acceptors (Lipinski definition) is 13. The molecule has 0 radical (unpaired) electrons. The van der Waals surface area contributed by atoms with Gasteiger partial charge in [0.15, 0.2) is 23.4 Å². The molecule has 7 rings (SSSR count). The van der Waals surface area contributed by atoms with E-state index in [-0.39, 0.29) is 75.0 Å². The highest BCUT2D eigenvalue weighted by Gasteiger charge is 2.36. The summed E-state index contributed by atoms with van der Waals surface area (Å²) in [5, 5.41) is 102. The first-order valence-electron chi connectivity index (χ1n) is 14.6. The van der Waals surface area contributed by atoms with E-state index in [1.807, 2.05) is 6.07 Å². The van der Waals surface area contributed by atoms with Gasteiger partial charge in [0.05, 0.1) is 17.6 Å². The largest absolute Gasteiger partial charge is 0.508 e. The predicted octanol–water partition coefficient (Wildman–Crippen LogP) is 3.61. The van der Waals surface area contributed by atoms with Gasteiger partial charge in [-0.05, 0) is 41.3 Å². The molecule has 0 amide bonds. The molecule has 0 fully saturated rings. The molecule has 0 bridgehead atoms. The Morgan fingerprint density at radius 2 is 1.10 bits per heavy atom. The van der Waals surface area contributed by atoms with Crippen molar-refractivity contribution in [2.45, 2.75) is 37.3 Å². The summed E-state index contributed by atoms with van der Waals surface area (Å²) in [6, 6.07) is 16.8. The zero-order valence-electron chi connectivity index (χ0n) is 24.8. The second-order valence-corrected chi connectivity index (χ2v) is 11.5. The lowest BCUT2D eigenvalue weighted by Gasteiger charge is -2.32. The monoisotopic (exact) mass is 658 g/mol. The molecule has 0 saturated heterocycles. The second-order valence-electron chi connectivity index (χ2n) is 11.5. The first-order valence-corrected chi connectivity index (χ1v) is 14.6. The van der Waals surface area contributed by atoms with Crippen molar-refractivity contribution < 1.29 is 60.5 Å². The lowest BCUT2D eigenvalue weighted by atomic mass is 9.90. The summed E-state index contributed by atoms with van der Waals surface area (Å²) >= 11 is 0. The minimum Gasteiger partial charge on any atom is -0.508 e.